The molecule has 0 aliphatic carbocycles. The fourth-order valence-corrected chi connectivity index (χ4v) is 2.29. The molecule has 18 heavy (non-hydrogen) atoms. The predicted molar refractivity (Wildman–Crippen MR) is 71.2 cm³/mol. The van der Waals surface area contributed by atoms with E-state index in [2.05, 4.69) is 5.32 Å². The molecule has 1 unspecified atom stereocenters. The number of hydrogen-bond acceptors (Lipinski definition) is 3. The lowest BCUT2D eigenvalue weighted by Crippen LogP contribution is -2.32. The summed E-state index contributed by atoms with van der Waals surface area (Å²) in [7, 11) is 0. The predicted octanol–water partition coefficient (Wildman–Crippen LogP) is 1.91. The highest BCUT2D eigenvalue weighted by molar-refractivity contribution is 7.06. The Bertz CT molecular complexity index is 573. The van der Waals surface area contributed by atoms with Crippen LogP contribution in [-0.4, -0.2) is 10.5 Å². The lowest BCUT2D eigenvalue weighted by Gasteiger charge is -2.14. The van der Waals surface area contributed by atoms with E-state index in [0.717, 1.165) is 5.56 Å². The molecule has 94 valence electrons. The molecule has 0 radical (unpaired) electrons. The van der Waals surface area contributed by atoms with Crippen molar-refractivity contribution in [3.63, 3.8) is 0 Å². The summed E-state index contributed by atoms with van der Waals surface area (Å²) >= 11 is 1.31. The van der Waals surface area contributed by atoms with Gasteiger partial charge in [-0.25, -0.2) is 0 Å². The van der Waals surface area contributed by atoms with Gasteiger partial charge in [0.1, 0.15) is 6.54 Å². The van der Waals surface area contributed by atoms with Crippen LogP contribution in [0.1, 0.15) is 18.5 Å². The van der Waals surface area contributed by atoms with Crippen LogP contribution >= 0.6 is 11.3 Å². The van der Waals surface area contributed by atoms with Gasteiger partial charge < -0.3 is 9.88 Å². The summed E-state index contributed by atoms with van der Waals surface area (Å²) in [5.41, 5.74) is 1.08. The summed E-state index contributed by atoms with van der Waals surface area (Å²) in [6.45, 7) is 2.15. The molecule has 1 atom stereocenters. The molecule has 0 fully saturated rings. The first-order valence-electron chi connectivity index (χ1n) is 5.69. The largest absolute Gasteiger partial charge is 0.348 e. The summed E-state index contributed by atoms with van der Waals surface area (Å²) in [6, 6.07) is 9.80. The number of carbonyl (C=O) groups excluding carboxylic acids is 1. The Balaban J connectivity index is 1.96. The number of nitrogens with zero attached hydrogens (tertiary/aromatic N) is 1. The van der Waals surface area contributed by atoms with Gasteiger partial charge >= 0.3 is 0 Å². The Morgan fingerprint density at radius 1 is 1.44 bits per heavy atom. The zero-order valence-electron chi connectivity index (χ0n) is 10.1. The van der Waals surface area contributed by atoms with Crippen LogP contribution in [0.4, 0.5) is 0 Å². The average molecular weight is 261 g/mol. The highest BCUT2D eigenvalue weighted by atomic mass is 32.1. The summed E-state index contributed by atoms with van der Waals surface area (Å²) in [5.74, 6) is -0.0803. The van der Waals surface area contributed by atoms with Crippen molar-refractivity contribution in [3.05, 3.63) is 52.3 Å². The minimum absolute atomic E-state index is 0.0212. The van der Waals surface area contributed by atoms with Crippen molar-refractivity contribution < 1.29 is 4.79 Å². The molecule has 2 aromatic rings. The van der Waals surface area contributed by atoms with E-state index < -0.39 is 0 Å². The van der Waals surface area contributed by atoms with E-state index in [1.165, 1.54) is 11.3 Å². The molecule has 0 bridgehead atoms. The van der Waals surface area contributed by atoms with Crippen LogP contribution in [0.15, 0.2) is 41.9 Å². The third-order valence-electron chi connectivity index (χ3n) is 2.67. The van der Waals surface area contributed by atoms with E-state index in [0.29, 0.717) is 4.80 Å². The molecule has 0 aliphatic heterocycles. The number of rotatable bonds is 4. The van der Waals surface area contributed by atoms with Gasteiger partial charge in [-0.3, -0.25) is 10.2 Å². The smallest absolute Gasteiger partial charge is 0.240 e. The molecule has 0 saturated carbocycles. The topological polar surface area (TPSA) is 57.9 Å². The van der Waals surface area contributed by atoms with E-state index in [1.807, 2.05) is 37.3 Å². The molecule has 1 amide bonds. The number of aromatic nitrogens is 1. The van der Waals surface area contributed by atoms with Gasteiger partial charge in [0, 0.05) is 11.6 Å². The monoisotopic (exact) mass is 261 g/mol. The third-order valence-corrected chi connectivity index (χ3v) is 3.39. The first-order chi connectivity index (χ1) is 8.66. The van der Waals surface area contributed by atoms with Crippen LogP contribution in [0, 0.1) is 5.41 Å². The van der Waals surface area contributed by atoms with Crippen molar-refractivity contribution in [1.82, 2.24) is 9.88 Å². The molecule has 2 N–H and O–H groups in total. The van der Waals surface area contributed by atoms with Crippen LogP contribution in [-0.2, 0) is 11.3 Å². The second-order valence-corrected chi connectivity index (χ2v) is 4.93. The Kier molecular flexibility index (Phi) is 3.94. The van der Waals surface area contributed by atoms with Gasteiger partial charge in [-0.2, -0.15) is 0 Å². The first-order valence-corrected chi connectivity index (χ1v) is 6.57. The number of thiazole rings is 1. The second-order valence-electron chi connectivity index (χ2n) is 4.04. The van der Waals surface area contributed by atoms with E-state index in [1.54, 1.807) is 16.1 Å². The normalized spacial score (nSPS) is 12.1. The average Bonchev–Trinajstić information content (AvgIpc) is 2.76. The molecule has 1 aromatic carbocycles. The van der Waals surface area contributed by atoms with Gasteiger partial charge in [0.2, 0.25) is 5.91 Å². The summed E-state index contributed by atoms with van der Waals surface area (Å²) in [4.78, 5) is 12.2. The Hall–Kier alpha value is -1.88. The van der Waals surface area contributed by atoms with Gasteiger partial charge in [0.05, 0.1) is 6.04 Å². The number of amides is 1. The molecule has 1 aromatic heterocycles. The van der Waals surface area contributed by atoms with Crippen molar-refractivity contribution in [1.29, 1.82) is 5.41 Å². The van der Waals surface area contributed by atoms with Crippen LogP contribution in [0.3, 0.4) is 0 Å². The fourth-order valence-electron chi connectivity index (χ4n) is 1.70. The molecular weight excluding hydrogens is 246 g/mol. The summed E-state index contributed by atoms with van der Waals surface area (Å²) < 4.78 is 1.62. The SMILES string of the molecule is CC(NC(=O)Cn1ccsc1=N)c1ccccc1. The van der Waals surface area contributed by atoms with Gasteiger partial charge in [0.25, 0.3) is 0 Å². The molecular formula is C13H15N3OS. The Morgan fingerprint density at radius 3 is 2.78 bits per heavy atom. The van der Waals surface area contributed by atoms with Crippen molar-refractivity contribution in [2.75, 3.05) is 0 Å². The molecule has 4 nitrogen and oxygen atoms in total. The number of nitrogens with one attached hydrogen (secondary N) is 2. The number of carbonyl (C=O) groups is 1. The number of benzene rings is 1. The molecule has 0 spiro atoms. The summed E-state index contributed by atoms with van der Waals surface area (Å²) in [6.07, 6.45) is 1.75. The van der Waals surface area contributed by atoms with Crippen molar-refractivity contribution >= 4 is 17.2 Å². The van der Waals surface area contributed by atoms with Crippen LogP contribution in [0.2, 0.25) is 0 Å². The van der Waals surface area contributed by atoms with Gasteiger partial charge in [-0.15, -0.1) is 11.3 Å². The maximum Gasteiger partial charge on any atom is 0.240 e. The maximum absolute atomic E-state index is 11.8. The van der Waals surface area contributed by atoms with Crippen LogP contribution in [0.25, 0.3) is 0 Å². The first kappa shape index (κ1) is 12.6. The van der Waals surface area contributed by atoms with Gasteiger partial charge in [0.15, 0.2) is 4.80 Å². The van der Waals surface area contributed by atoms with E-state index >= 15 is 0 Å². The molecule has 1 heterocycles. The lowest BCUT2D eigenvalue weighted by molar-refractivity contribution is -0.122. The Morgan fingerprint density at radius 2 is 2.17 bits per heavy atom. The van der Waals surface area contributed by atoms with E-state index in [4.69, 9.17) is 5.41 Å². The molecule has 5 heteroatoms. The van der Waals surface area contributed by atoms with E-state index in [-0.39, 0.29) is 18.5 Å². The molecule has 2 rings (SSSR count). The molecule has 0 saturated heterocycles. The van der Waals surface area contributed by atoms with E-state index in [9.17, 15) is 4.79 Å². The standard InChI is InChI=1S/C13H15N3OS/c1-10(11-5-3-2-4-6-11)15-12(17)9-16-7-8-18-13(16)14/h2-8,10,14H,9H2,1H3,(H,15,17). The van der Waals surface area contributed by atoms with Crippen molar-refractivity contribution in [3.8, 4) is 0 Å². The Labute approximate surface area is 109 Å². The third kappa shape index (κ3) is 3.07. The van der Waals surface area contributed by atoms with Gasteiger partial charge in [-0.1, -0.05) is 30.3 Å². The van der Waals surface area contributed by atoms with Gasteiger partial charge in [-0.05, 0) is 12.5 Å². The minimum atomic E-state index is -0.0803. The highest BCUT2D eigenvalue weighted by Crippen LogP contribution is 2.10. The zero-order chi connectivity index (χ0) is 13.0. The molecule has 0 aliphatic rings. The zero-order valence-corrected chi connectivity index (χ0v) is 10.9. The fraction of sp³-hybridized carbons (Fsp3) is 0.231. The second kappa shape index (κ2) is 5.64. The van der Waals surface area contributed by atoms with Crippen LogP contribution < -0.4 is 10.1 Å². The highest BCUT2D eigenvalue weighted by Gasteiger charge is 2.09. The minimum Gasteiger partial charge on any atom is -0.348 e. The summed E-state index contributed by atoms with van der Waals surface area (Å²) in [5, 5.41) is 12.3. The quantitative estimate of drug-likeness (QED) is 0.867. The van der Waals surface area contributed by atoms with Crippen molar-refractivity contribution in [2.24, 2.45) is 0 Å². The number of hydrogen-bond donors (Lipinski definition) is 2. The van der Waals surface area contributed by atoms with Crippen molar-refractivity contribution in [2.45, 2.75) is 19.5 Å². The maximum atomic E-state index is 11.8. The lowest BCUT2D eigenvalue weighted by atomic mass is 10.1. The van der Waals surface area contributed by atoms with Crippen LogP contribution in [0.5, 0.6) is 0 Å².